The zero-order valence-corrected chi connectivity index (χ0v) is 15.2. The van der Waals surface area contributed by atoms with Gasteiger partial charge in [0.25, 0.3) is 0 Å². The second-order valence-electron chi connectivity index (χ2n) is 6.64. The summed E-state index contributed by atoms with van der Waals surface area (Å²) in [7, 11) is 0. The number of hydrogen-bond acceptors (Lipinski definition) is 8. The Morgan fingerprint density at radius 1 is 1.27 bits per heavy atom. The van der Waals surface area contributed by atoms with Crippen LogP contribution in [0, 0.1) is 0 Å². The molecule has 4 N–H and O–H groups in total. The molecule has 1 aliphatic rings. The molecule has 144 valence electrons. The number of nitrogen functional groups attached to an aromatic ring is 1. The van der Waals surface area contributed by atoms with Crippen LogP contribution < -0.4 is 5.73 Å². The van der Waals surface area contributed by atoms with Crippen molar-refractivity contribution in [3.8, 4) is 0 Å². The van der Waals surface area contributed by atoms with E-state index >= 15 is 0 Å². The summed E-state index contributed by atoms with van der Waals surface area (Å²) in [4.78, 5) is 12.2. The van der Waals surface area contributed by atoms with Gasteiger partial charge in [-0.15, -0.1) is 0 Å². The molecule has 0 spiro atoms. The highest BCUT2D eigenvalue weighted by molar-refractivity contribution is 5.81. The predicted octanol–water partition coefficient (Wildman–Crippen LogP) is 1.01. The SMILES string of the molecule is CCCCC(CC)OC[C@H]1O[C@@H](n2cnc3c(N)ncnc32)[C@H](O)[C@@H]1O. The maximum atomic E-state index is 10.4. The van der Waals surface area contributed by atoms with E-state index in [9.17, 15) is 10.2 Å². The Labute approximate surface area is 152 Å². The third-order valence-corrected chi connectivity index (χ3v) is 4.83. The minimum Gasteiger partial charge on any atom is -0.387 e. The minimum absolute atomic E-state index is 0.128. The number of fused-ring (bicyclic) bond motifs is 1. The Morgan fingerprint density at radius 2 is 2.08 bits per heavy atom. The van der Waals surface area contributed by atoms with E-state index in [-0.39, 0.29) is 18.5 Å². The number of hydrogen-bond donors (Lipinski definition) is 3. The Morgan fingerprint density at radius 3 is 2.81 bits per heavy atom. The Hall–Kier alpha value is -1.81. The maximum absolute atomic E-state index is 10.4. The molecule has 1 aliphatic heterocycles. The predicted molar refractivity (Wildman–Crippen MR) is 95.2 cm³/mol. The van der Waals surface area contributed by atoms with Gasteiger partial charge in [0.1, 0.15) is 30.2 Å². The van der Waals surface area contributed by atoms with Gasteiger partial charge >= 0.3 is 0 Å². The standard InChI is InChI=1S/C17H27N5O4/c1-3-5-6-10(4-2)25-7-11-13(23)14(24)17(26-11)22-9-21-12-15(18)19-8-20-16(12)22/h8-11,13-14,17,23-24H,3-7H2,1-2H3,(H2,18,19,20)/t10?,11-,13-,14-,17-/m1/s1. The van der Waals surface area contributed by atoms with Crippen LogP contribution in [0.4, 0.5) is 5.82 Å². The number of ether oxygens (including phenoxy) is 2. The van der Waals surface area contributed by atoms with Crippen molar-refractivity contribution >= 4 is 17.0 Å². The smallest absolute Gasteiger partial charge is 0.167 e. The van der Waals surface area contributed by atoms with Crippen LogP contribution in [0.25, 0.3) is 11.2 Å². The summed E-state index contributed by atoms with van der Waals surface area (Å²) in [5.74, 6) is 0.253. The maximum Gasteiger partial charge on any atom is 0.167 e. The van der Waals surface area contributed by atoms with Crippen molar-refractivity contribution in [1.82, 2.24) is 19.5 Å². The fourth-order valence-electron chi connectivity index (χ4n) is 3.22. The van der Waals surface area contributed by atoms with Gasteiger partial charge in [0.05, 0.1) is 19.0 Å². The molecule has 0 aromatic carbocycles. The second kappa shape index (κ2) is 8.26. The quantitative estimate of drug-likeness (QED) is 0.632. The number of nitrogens with two attached hydrogens (primary N) is 1. The average molecular weight is 365 g/mol. The van der Waals surface area contributed by atoms with Crippen molar-refractivity contribution < 1.29 is 19.7 Å². The van der Waals surface area contributed by atoms with Gasteiger partial charge in [0, 0.05) is 0 Å². The Kier molecular flexibility index (Phi) is 6.02. The minimum atomic E-state index is -1.12. The molecule has 0 radical (unpaired) electrons. The van der Waals surface area contributed by atoms with Crippen molar-refractivity contribution in [3.63, 3.8) is 0 Å². The Bertz CT molecular complexity index is 724. The largest absolute Gasteiger partial charge is 0.387 e. The number of aliphatic hydroxyl groups is 2. The van der Waals surface area contributed by atoms with Gasteiger partial charge in [0.2, 0.25) is 0 Å². The highest BCUT2D eigenvalue weighted by Gasteiger charge is 2.44. The molecule has 0 saturated carbocycles. The zero-order chi connectivity index (χ0) is 18.7. The molecule has 3 rings (SSSR count). The summed E-state index contributed by atoms with van der Waals surface area (Å²) in [5, 5.41) is 20.8. The Balaban J connectivity index is 1.70. The number of aromatic nitrogens is 4. The molecule has 0 amide bonds. The van der Waals surface area contributed by atoms with Crippen LogP contribution in [0.5, 0.6) is 0 Å². The molecule has 1 unspecified atom stereocenters. The lowest BCUT2D eigenvalue weighted by Gasteiger charge is -2.20. The number of nitrogens with zero attached hydrogens (tertiary/aromatic N) is 4. The first-order chi connectivity index (χ1) is 12.6. The van der Waals surface area contributed by atoms with E-state index in [4.69, 9.17) is 15.2 Å². The van der Waals surface area contributed by atoms with E-state index in [1.165, 1.54) is 12.7 Å². The van der Waals surface area contributed by atoms with Crippen LogP contribution >= 0.6 is 0 Å². The van der Waals surface area contributed by atoms with Gasteiger partial charge in [0.15, 0.2) is 17.7 Å². The van der Waals surface area contributed by atoms with E-state index in [2.05, 4.69) is 28.8 Å². The molecule has 0 bridgehead atoms. The van der Waals surface area contributed by atoms with Crippen molar-refractivity contribution in [3.05, 3.63) is 12.7 Å². The first kappa shape index (κ1) is 19.0. The number of unbranched alkanes of at least 4 members (excludes halogenated alkanes) is 1. The van der Waals surface area contributed by atoms with Crippen molar-refractivity contribution in [2.45, 2.75) is 70.2 Å². The van der Waals surface area contributed by atoms with Crippen molar-refractivity contribution in [1.29, 1.82) is 0 Å². The summed E-state index contributed by atoms with van der Waals surface area (Å²) in [6.45, 7) is 4.44. The molecule has 5 atom stereocenters. The van der Waals surface area contributed by atoms with E-state index in [1.54, 1.807) is 4.57 Å². The van der Waals surface area contributed by atoms with E-state index < -0.39 is 24.5 Å². The zero-order valence-electron chi connectivity index (χ0n) is 15.2. The van der Waals surface area contributed by atoms with Gasteiger partial charge < -0.3 is 25.4 Å². The lowest BCUT2D eigenvalue weighted by atomic mass is 10.1. The first-order valence-corrected chi connectivity index (χ1v) is 9.13. The fourth-order valence-corrected chi connectivity index (χ4v) is 3.22. The van der Waals surface area contributed by atoms with Crippen molar-refractivity contribution in [2.24, 2.45) is 0 Å². The van der Waals surface area contributed by atoms with Gasteiger partial charge in [-0.05, 0) is 12.8 Å². The lowest BCUT2D eigenvalue weighted by molar-refractivity contribution is -0.0827. The van der Waals surface area contributed by atoms with Crippen LogP contribution in [-0.4, -0.2) is 60.8 Å². The second-order valence-corrected chi connectivity index (χ2v) is 6.64. The molecule has 0 aliphatic carbocycles. The van der Waals surface area contributed by atoms with Crippen LogP contribution in [0.15, 0.2) is 12.7 Å². The summed E-state index contributed by atoms with van der Waals surface area (Å²) < 4.78 is 13.3. The summed E-state index contributed by atoms with van der Waals surface area (Å²) in [6.07, 6.45) is 3.42. The lowest BCUT2D eigenvalue weighted by Crippen LogP contribution is -2.34. The normalized spacial score (nSPS) is 27.2. The average Bonchev–Trinajstić information content (AvgIpc) is 3.19. The molecule has 1 saturated heterocycles. The summed E-state index contributed by atoms with van der Waals surface area (Å²) in [6, 6.07) is 0. The molecule has 26 heavy (non-hydrogen) atoms. The monoisotopic (exact) mass is 365 g/mol. The highest BCUT2D eigenvalue weighted by Crippen LogP contribution is 2.32. The van der Waals surface area contributed by atoms with Crippen LogP contribution in [0.1, 0.15) is 45.8 Å². The van der Waals surface area contributed by atoms with E-state index in [1.807, 2.05) is 0 Å². The van der Waals surface area contributed by atoms with E-state index in [0.717, 1.165) is 25.7 Å². The summed E-state index contributed by atoms with van der Waals surface area (Å²) >= 11 is 0. The van der Waals surface area contributed by atoms with Crippen LogP contribution in [0.2, 0.25) is 0 Å². The van der Waals surface area contributed by atoms with Crippen LogP contribution in [0.3, 0.4) is 0 Å². The van der Waals surface area contributed by atoms with E-state index in [0.29, 0.717) is 11.2 Å². The fraction of sp³-hybridized carbons (Fsp3) is 0.706. The highest BCUT2D eigenvalue weighted by atomic mass is 16.6. The van der Waals surface area contributed by atoms with Gasteiger partial charge in [-0.3, -0.25) is 4.57 Å². The van der Waals surface area contributed by atoms with Crippen LogP contribution in [-0.2, 0) is 9.47 Å². The third-order valence-electron chi connectivity index (χ3n) is 4.83. The summed E-state index contributed by atoms with van der Waals surface area (Å²) in [5.41, 5.74) is 6.68. The number of imidazole rings is 1. The van der Waals surface area contributed by atoms with Gasteiger partial charge in [-0.1, -0.05) is 26.7 Å². The number of anilines is 1. The molecule has 1 fully saturated rings. The molecule has 2 aromatic rings. The first-order valence-electron chi connectivity index (χ1n) is 9.13. The van der Waals surface area contributed by atoms with Gasteiger partial charge in [-0.2, -0.15) is 0 Å². The number of rotatable bonds is 8. The molecular weight excluding hydrogens is 338 g/mol. The van der Waals surface area contributed by atoms with Gasteiger partial charge in [-0.25, -0.2) is 15.0 Å². The third kappa shape index (κ3) is 3.66. The molecular formula is C17H27N5O4. The van der Waals surface area contributed by atoms with Crippen molar-refractivity contribution in [2.75, 3.05) is 12.3 Å². The molecule has 3 heterocycles. The number of aliphatic hydroxyl groups excluding tert-OH is 2. The molecule has 2 aromatic heterocycles. The topological polar surface area (TPSA) is 129 Å². The molecule has 9 heteroatoms. The molecule has 9 nitrogen and oxygen atoms in total.